The summed E-state index contributed by atoms with van der Waals surface area (Å²) in [7, 11) is 0. The van der Waals surface area contributed by atoms with Crippen LogP contribution in [0.25, 0.3) is 11.6 Å². The summed E-state index contributed by atoms with van der Waals surface area (Å²) < 4.78 is 0. The summed E-state index contributed by atoms with van der Waals surface area (Å²) in [4.78, 5) is 20.0. The van der Waals surface area contributed by atoms with Gasteiger partial charge in [-0.15, -0.1) is 0 Å². The lowest BCUT2D eigenvalue weighted by molar-refractivity contribution is 0.645. The molecule has 0 saturated heterocycles. The van der Waals surface area contributed by atoms with Crippen LogP contribution in [0.3, 0.4) is 0 Å². The smallest absolute Gasteiger partial charge is 0.271 e. The third-order valence-corrected chi connectivity index (χ3v) is 5.78. The zero-order valence-corrected chi connectivity index (χ0v) is 18.1. The van der Waals surface area contributed by atoms with Crippen LogP contribution in [0.2, 0.25) is 0 Å². The van der Waals surface area contributed by atoms with Crippen molar-refractivity contribution in [3.05, 3.63) is 73.5 Å². The average Bonchev–Trinajstić information content (AvgIpc) is 3.44. The highest BCUT2D eigenvalue weighted by atomic mass is 16.1. The lowest BCUT2D eigenvalue weighted by Gasteiger charge is -2.11. The molecule has 4 rings (SSSR count). The monoisotopic (exact) mass is 405 g/mol. The number of aromatic nitrogens is 4. The molecule has 4 N–H and O–H groups in total. The van der Waals surface area contributed by atoms with Gasteiger partial charge in [-0.05, 0) is 85.5 Å². The van der Waals surface area contributed by atoms with Crippen molar-refractivity contribution >= 4 is 11.6 Å². The van der Waals surface area contributed by atoms with Crippen LogP contribution in [0.1, 0.15) is 67.1 Å². The first-order valence-electron chi connectivity index (χ1n) is 10.9. The summed E-state index contributed by atoms with van der Waals surface area (Å²) in [5.41, 5.74) is 7.51. The van der Waals surface area contributed by atoms with Gasteiger partial charge in [0.2, 0.25) is 0 Å². The quantitative estimate of drug-likeness (QED) is 0.434. The molecule has 3 aromatic heterocycles. The van der Waals surface area contributed by atoms with Crippen molar-refractivity contribution in [1.82, 2.24) is 25.5 Å². The van der Waals surface area contributed by atoms with Gasteiger partial charge in [-0.1, -0.05) is 13.8 Å². The lowest BCUT2D eigenvalue weighted by Crippen LogP contribution is -2.33. The Morgan fingerprint density at radius 3 is 2.67 bits per heavy atom. The molecular weight excluding hydrogens is 374 g/mol. The number of rotatable bonds is 8. The van der Waals surface area contributed by atoms with Crippen molar-refractivity contribution < 1.29 is 0 Å². The second-order valence-electron chi connectivity index (χ2n) is 8.46. The van der Waals surface area contributed by atoms with Crippen LogP contribution >= 0.6 is 0 Å². The molecule has 1 aliphatic carbocycles. The van der Waals surface area contributed by atoms with Crippen LogP contribution in [0.5, 0.6) is 0 Å². The minimum Gasteiger partial charge on any atom is -0.359 e. The molecule has 0 unspecified atom stereocenters. The number of nitrogens with zero attached hydrogens (tertiary/aromatic N) is 1. The van der Waals surface area contributed by atoms with Gasteiger partial charge in [0, 0.05) is 30.3 Å². The van der Waals surface area contributed by atoms with Crippen molar-refractivity contribution in [2.45, 2.75) is 58.9 Å². The Balaban J connectivity index is 1.52. The van der Waals surface area contributed by atoms with E-state index in [1.807, 2.05) is 30.6 Å². The second-order valence-corrected chi connectivity index (χ2v) is 8.46. The van der Waals surface area contributed by atoms with Gasteiger partial charge in [-0.2, -0.15) is 0 Å². The van der Waals surface area contributed by atoms with Gasteiger partial charge in [0.15, 0.2) is 0 Å². The molecule has 3 aromatic rings. The zero-order valence-electron chi connectivity index (χ0n) is 18.1. The van der Waals surface area contributed by atoms with Gasteiger partial charge in [0.1, 0.15) is 0 Å². The van der Waals surface area contributed by atoms with Gasteiger partial charge >= 0.3 is 0 Å². The van der Waals surface area contributed by atoms with E-state index in [2.05, 4.69) is 46.3 Å². The molecule has 1 saturated carbocycles. The number of nitrogens with one attached hydrogen (secondary N) is 4. The Hall–Kier alpha value is -2.86. The molecule has 6 nitrogen and oxygen atoms in total. The molecule has 0 aliphatic heterocycles. The minimum absolute atomic E-state index is 0.0479. The molecule has 30 heavy (non-hydrogen) atoms. The molecule has 6 heteroatoms. The molecule has 1 aliphatic rings. The van der Waals surface area contributed by atoms with Crippen molar-refractivity contribution in [1.29, 1.82) is 0 Å². The Bertz CT molecular complexity index is 1170. The lowest BCUT2D eigenvalue weighted by atomic mass is 9.94. The van der Waals surface area contributed by atoms with Gasteiger partial charge < -0.3 is 10.3 Å². The molecule has 3 heterocycles. The molecule has 0 bridgehead atoms. The molecule has 0 aromatic carbocycles. The van der Waals surface area contributed by atoms with E-state index in [1.165, 1.54) is 28.0 Å². The Labute approximate surface area is 176 Å². The Morgan fingerprint density at radius 2 is 1.97 bits per heavy atom. The molecule has 0 radical (unpaired) electrons. The van der Waals surface area contributed by atoms with Crippen LogP contribution in [-0.4, -0.2) is 26.7 Å². The molecule has 0 amide bonds. The van der Waals surface area contributed by atoms with Crippen LogP contribution in [0, 0.1) is 6.92 Å². The highest BCUT2D eigenvalue weighted by Gasteiger charge is 2.18. The standard InChI is InChI=1S/C24H31N5O/c1-15(2)22-19(5-4-10-26-14-17-8-11-25-12-9-17)16(3)27-21(22)13-20-23(18-6-7-18)28-29-24(20)30/h8-9,11-13,15,26-28H,4-7,10,14H2,1-3H3,(H,29,30). The van der Waals surface area contributed by atoms with E-state index in [1.54, 1.807) is 0 Å². The molecular formula is C24H31N5O. The predicted octanol–water partition coefficient (Wildman–Crippen LogP) is 2.35. The van der Waals surface area contributed by atoms with E-state index < -0.39 is 0 Å². The van der Waals surface area contributed by atoms with Gasteiger partial charge in [-0.3, -0.25) is 20.0 Å². The largest absolute Gasteiger partial charge is 0.359 e. The first-order chi connectivity index (χ1) is 14.5. The van der Waals surface area contributed by atoms with E-state index in [9.17, 15) is 4.79 Å². The van der Waals surface area contributed by atoms with Crippen LogP contribution in [-0.2, 0) is 13.0 Å². The highest BCUT2D eigenvalue weighted by Crippen LogP contribution is 2.29. The van der Waals surface area contributed by atoms with E-state index in [4.69, 9.17) is 0 Å². The summed E-state index contributed by atoms with van der Waals surface area (Å²) in [6, 6.07) is 4.08. The van der Waals surface area contributed by atoms with E-state index in [-0.39, 0.29) is 5.56 Å². The summed E-state index contributed by atoms with van der Waals surface area (Å²) in [5, 5.41) is 11.1. The highest BCUT2D eigenvalue weighted by molar-refractivity contribution is 5.60. The van der Waals surface area contributed by atoms with Crippen molar-refractivity contribution in [2.75, 3.05) is 6.54 Å². The average molecular weight is 406 g/mol. The SMILES string of the molecule is Cc1[nH]c(C=c2c(=O)[nH][nH]c2=C2CC2)c(C(C)C)c1CCCNCc1ccncc1. The maximum Gasteiger partial charge on any atom is 0.271 e. The molecule has 1 fully saturated rings. The Kier molecular flexibility index (Phi) is 6.04. The van der Waals surface area contributed by atoms with Gasteiger partial charge in [0.05, 0.1) is 10.6 Å². The predicted molar refractivity (Wildman–Crippen MR) is 121 cm³/mol. The van der Waals surface area contributed by atoms with Gasteiger partial charge in [-0.25, -0.2) is 0 Å². The fourth-order valence-corrected chi connectivity index (χ4v) is 4.17. The number of aromatic amines is 3. The molecule has 0 spiro atoms. The van der Waals surface area contributed by atoms with Crippen molar-refractivity contribution in [3.8, 4) is 0 Å². The summed E-state index contributed by atoms with van der Waals surface area (Å²) in [6.07, 6.45) is 9.92. The first kappa shape index (κ1) is 20.4. The van der Waals surface area contributed by atoms with Crippen LogP contribution < -0.4 is 21.4 Å². The third kappa shape index (κ3) is 4.49. The van der Waals surface area contributed by atoms with Crippen LogP contribution in [0.4, 0.5) is 0 Å². The maximum atomic E-state index is 12.4. The number of hydrogen-bond donors (Lipinski definition) is 4. The fourth-order valence-electron chi connectivity index (χ4n) is 4.17. The number of H-pyrrole nitrogens is 3. The maximum absolute atomic E-state index is 12.4. The summed E-state index contributed by atoms with van der Waals surface area (Å²) >= 11 is 0. The van der Waals surface area contributed by atoms with Crippen LogP contribution in [0.15, 0.2) is 29.3 Å². The van der Waals surface area contributed by atoms with Crippen molar-refractivity contribution in [2.24, 2.45) is 0 Å². The normalized spacial score (nSPS) is 14.1. The summed E-state index contributed by atoms with van der Waals surface area (Å²) in [5.74, 6) is 0.385. The molecule has 158 valence electrons. The first-order valence-corrected chi connectivity index (χ1v) is 10.9. The van der Waals surface area contributed by atoms with E-state index in [0.29, 0.717) is 5.92 Å². The summed E-state index contributed by atoms with van der Waals surface area (Å²) in [6.45, 7) is 8.42. The second kappa shape index (κ2) is 8.88. The van der Waals surface area contributed by atoms with Crippen molar-refractivity contribution in [3.63, 3.8) is 0 Å². The Morgan fingerprint density at radius 1 is 1.20 bits per heavy atom. The third-order valence-electron chi connectivity index (χ3n) is 5.78. The number of hydrogen-bond acceptors (Lipinski definition) is 3. The molecule has 0 atom stereocenters. The fraction of sp³-hybridized carbons (Fsp3) is 0.417. The topological polar surface area (TPSA) is 89.4 Å². The van der Waals surface area contributed by atoms with E-state index >= 15 is 0 Å². The number of pyridine rings is 1. The van der Waals surface area contributed by atoms with Gasteiger partial charge in [0.25, 0.3) is 5.56 Å². The number of aryl methyl sites for hydroxylation is 1. The van der Waals surface area contributed by atoms with E-state index in [0.717, 1.165) is 55.0 Å². The zero-order chi connectivity index (χ0) is 21.1. The minimum atomic E-state index is -0.0479.